The van der Waals surface area contributed by atoms with Crippen LogP contribution in [0, 0.1) is 0 Å². The first-order chi connectivity index (χ1) is 6.35. The minimum atomic E-state index is -0.125. The smallest absolute Gasteiger partial charge is 0.0978 e. The Morgan fingerprint density at radius 3 is 2.08 bits per heavy atom. The van der Waals surface area contributed by atoms with Gasteiger partial charge in [0.25, 0.3) is 0 Å². The molecule has 3 heteroatoms. The maximum absolute atomic E-state index is 7.62. The number of ether oxygens (including phenoxy) is 1. The van der Waals surface area contributed by atoms with Gasteiger partial charge in [-0.2, -0.15) is 0 Å². The third kappa shape index (κ3) is 7.81. The molecule has 0 heterocycles. The fourth-order valence-electron chi connectivity index (χ4n) is 1.34. The summed E-state index contributed by atoms with van der Waals surface area (Å²) in [4.78, 5) is 0. The van der Waals surface area contributed by atoms with Gasteiger partial charge in [0, 0.05) is 0 Å². The van der Waals surface area contributed by atoms with Crippen LogP contribution in [0.4, 0.5) is 0 Å². The maximum atomic E-state index is 7.62. The highest BCUT2D eigenvalue weighted by Gasteiger charge is 2.11. The van der Waals surface area contributed by atoms with E-state index in [-0.39, 0.29) is 13.2 Å². The first kappa shape index (κ1) is 12.5. The monoisotopic (exact) mass is 188 g/mol. The second-order valence-corrected chi connectivity index (χ2v) is 3.01. The average molecular weight is 188 g/mol. The van der Waals surface area contributed by atoms with Crippen molar-refractivity contribution in [3.8, 4) is 0 Å². The van der Waals surface area contributed by atoms with Crippen molar-refractivity contribution in [3.05, 3.63) is 12.8 Å². The molecule has 3 nitrogen and oxygen atoms in total. The third-order valence-corrected chi connectivity index (χ3v) is 1.94. The Labute approximate surface area is 80.0 Å². The second-order valence-electron chi connectivity index (χ2n) is 3.01. The van der Waals surface area contributed by atoms with E-state index < -0.39 is 0 Å². The Hall–Kier alpha value is -0.540. The van der Waals surface area contributed by atoms with Gasteiger partial charge in [0.1, 0.15) is 0 Å². The molecule has 1 aliphatic rings. The van der Waals surface area contributed by atoms with Crippen LogP contribution in [0.1, 0.15) is 32.1 Å². The van der Waals surface area contributed by atoms with Crippen LogP contribution >= 0.6 is 0 Å². The molecule has 1 saturated carbocycles. The molecule has 1 rings (SSSR count). The average Bonchev–Trinajstić information content (AvgIpc) is 2.20. The predicted molar refractivity (Wildman–Crippen MR) is 52.3 cm³/mol. The Morgan fingerprint density at radius 1 is 1.15 bits per heavy atom. The highest BCUT2D eigenvalue weighted by molar-refractivity contribution is 4.67. The molecule has 0 aromatic carbocycles. The van der Waals surface area contributed by atoms with Crippen molar-refractivity contribution in [1.82, 2.24) is 0 Å². The maximum Gasteiger partial charge on any atom is 0.0978 e. The van der Waals surface area contributed by atoms with Crippen molar-refractivity contribution in [3.63, 3.8) is 0 Å². The molecule has 0 aliphatic heterocycles. The van der Waals surface area contributed by atoms with Crippen molar-refractivity contribution in [1.29, 1.82) is 0 Å². The summed E-state index contributed by atoms with van der Waals surface area (Å²) in [6.07, 6.45) is 8.55. The zero-order valence-electron chi connectivity index (χ0n) is 8.11. The lowest BCUT2D eigenvalue weighted by atomic mass is 9.98. The Morgan fingerprint density at radius 2 is 1.69 bits per heavy atom. The van der Waals surface area contributed by atoms with E-state index in [0.29, 0.717) is 6.10 Å². The molecule has 0 radical (unpaired) electrons. The van der Waals surface area contributed by atoms with Gasteiger partial charge in [-0.1, -0.05) is 13.0 Å². The predicted octanol–water partition coefficient (Wildman–Crippen LogP) is 1.45. The fourth-order valence-corrected chi connectivity index (χ4v) is 1.34. The van der Waals surface area contributed by atoms with Crippen LogP contribution < -0.4 is 0 Å². The quantitative estimate of drug-likeness (QED) is 0.659. The molecular formula is C10H20O3. The number of aliphatic hydroxyl groups is 2. The van der Waals surface area contributed by atoms with Gasteiger partial charge in [-0.05, 0) is 25.7 Å². The van der Waals surface area contributed by atoms with E-state index in [1.807, 2.05) is 0 Å². The summed E-state index contributed by atoms with van der Waals surface area (Å²) in [5.74, 6) is 0. The Bertz CT molecular complexity index is 107. The summed E-state index contributed by atoms with van der Waals surface area (Å²) in [6, 6.07) is 0. The SMILES string of the molecule is C=COC1CCCCC1.OCCO. The molecule has 0 bridgehead atoms. The molecule has 0 aromatic rings. The molecule has 78 valence electrons. The van der Waals surface area contributed by atoms with E-state index in [9.17, 15) is 0 Å². The van der Waals surface area contributed by atoms with Crippen molar-refractivity contribution in [2.75, 3.05) is 13.2 Å². The van der Waals surface area contributed by atoms with E-state index in [4.69, 9.17) is 14.9 Å². The minimum absolute atomic E-state index is 0.125. The van der Waals surface area contributed by atoms with Gasteiger partial charge in [0.2, 0.25) is 0 Å². The van der Waals surface area contributed by atoms with Crippen LogP contribution in [0.3, 0.4) is 0 Å². The van der Waals surface area contributed by atoms with Gasteiger partial charge in [-0.3, -0.25) is 0 Å². The molecule has 0 amide bonds. The molecule has 0 aromatic heterocycles. The second kappa shape index (κ2) is 9.55. The zero-order chi connectivity index (χ0) is 9.94. The molecule has 13 heavy (non-hydrogen) atoms. The molecule has 1 aliphatic carbocycles. The Balaban J connectivity index is 0.000000310. The summed E-state index contributed by atoms with van der Waals surface area (Å²) >= 11 is 0. The highest BCUT2D eigenvalue weighted by Crippen LogP contribution is 2.19. The first-order valence-corrected chi connectivity index (χ1v) is 4.83. The van der Waals surface area contributed by atoms with Crippen molar-refractivity contribution >= 4 is 0 Å². The van der Waals surface area contributed by atoms with Gasteiger partial charge in [0.15, 0.2) is 0 Å². The van der Waals surface area contributed by atoms with Gasteiger partial charge in [-0.25, -0.2) is 0 Å². The summed E-state index contributed by atoms with van der Waals surface area (Å²) in [7, 11) is 0. The molecule has 2 N–H and O–H groups in total. The molecule has 0 atom stereocenters. The van der Waals surface area contributed by atoms with Crippen molar-refractivity contribution in [2.24, 2.45) is 0 Å². The number of hydrogen-bond acceptors (Lipinski definition) is 3. The molecule has 0 spiro atoms. The lowest BCUT2D eigenvalue weighted by Crippen LogP contribution is -2.13. The summed E-state index contributed by atoms with van der Waals surface area (Å²) < 4.78 is 5.25. The van der Waals surface area contributed by atoms with E-state index in [1.165, 1.54) is 32.1 Å². The zero-order valence-corrected chi connectivity index (χ0v) is 8.11. The topological polar surface area (TPSA) is 49.7 Å². The normalized spacial score (nSPS) is 17.1. The Kier molecular flexibility index (Phi) is 9.15. The van der Waals surface area contributed by atoms with E-state index >= 15 is 0 Å². The van der Waals surface area contributed by atoms with Crippen molar-refractivity contribution in [2.45, 2.75) is 38.2 Å². The standard InChI is InChI=1S/C8H14O.C2H6O2/c1-2-9-8-6-4-3-5-7-8;3-1-2-4/h2,8H,1,3-7H2;3-4H,1-2H2. The summed E-state index contributed by atoms with van der Waals surface area (Å²) in [5, 5.41) is 15.2. The van der Waals surface area contributed by atoms with Crippen LogP contribution in [0.15, 0.2) is 12.8 Å². The van der Waals surface area contributed by atoms with Gasteiger partial charge < -0.3 is 14.9 Å². The lowest BCUT2D eigenvalue weighted by molar-refractivity contribution is 0.107. The van der Waals surface area contributed by atoms with Crippen LogP contribution in [-0.2, 0) is 4.74 Å². The van der Waals surface area contributed by atoms with Crippen LogP contribution in [0.5, 0.6) is 0 Å². The van der Waals surface area contributed by atoms with E-state index in [0.717, 1.165) is 0 Å². The third-order valence-electron chi connectivity index (χ3n) is 1.94. The minimum Gasteiger partial charge on any atom is -0.499 e. The van der Waals surface area contributed by atoms with Gasteiger partial charge in [0.05, 0.1) is 25.6 Å². The number of hydrogen-bond donors (Lipinski definition) is 2. The van der Waals surface area contributed by atoms with Crippen LogP contribution in [-0.4, -0.2) is 29.5 Å². The number of aliphatic hydroxyl groups excluding tert-OH is 2. The highest BCUT2D eigenvalue weighted by atomic mass is 16.5. The van der Waals surface area contributed by atoms with Crippen molar-refractivity contribution < 1.29 is 14.9 Å². The summed E-state index contributed by atoms with van der Waals surface area (Å²) in [6.45, 7) is 3.28. The van der Waals surface area contributed by atoms with Gasteiger partial charge >= 0.3 is 0 Å². The molecule has 0 unspecified atom stereocenters. The van der Waals surface area contributed by atoms with Crippen LogP contribution in [0.25, 0.3) is 0 Å². The molecular weight excluding hydrogens is 168 g/mol. The van der Waals surface area contributed by atoms with Crippen LogP contribution in [0.2, 0.25) is 0 Å². The lowest BCUT2D eigenvalue weighted by Gasteiger charge is -2.20. The van der Waals surface area contributed by atoms with E-state index in [1.54, 1.807) is 6.26 Å². The first-order valence-electron chi connectivity index (χ1n) is 4.83. The summed E-state index contributed by atoms with van der Waals surface area (Å²) in [5.41, 5.74) is 0. The fraction of sp³-hybridized carbons (Fsp3) is 0.800. The molecule has 0 saturated heterocycles. The van der Waals surface area contributed by atoms with E-state index in [2.05, 4.69) is 6.58 Å². The van der Waals surface area contributed by atoms with Gasteiger partial charge in [-0.15, -0.1) is 0 Å². The number of rotatable bonds is 3. The molecule has 1 fully saturated rings. The largest absolute Gasteiger partial charge is 0.499 e.